The van der Waals surface area contributed by atoms with E-state index in [0.717, 1.165) is 18.4 Å². The first-order valence-corrected chi connectivity index (χ1v) is 13.9. The molecule has 2 N–H and O–H groups in total. The first-order valence-electron chi connectivity index (χ1n) is 13.9. The molecule has 1 aromatic carbocycles. The molecule has 5 atom stereocenters. The summed E-state index contributed by atoms with van der Waals surface area (Å²) in [5.41, 5.74) is 0.131. The standard InChI is InChI=1S/C29H43BN2O7/c1-17(33)31-13-12-24(34)32-23(30-38-22-16-19-15-21(28(19,5)6)29(22,7)39-30)14-18-10-9-11-20(25(18)36-8)26(35)37-27(2,3)4/h9-11,19,21-23H,12-16H2,1-8H3,(H,31,33)(H,32,34). The van der Waals surface area contributed by atoms with Crippen molar-refractivity contribution in [3.05, 3.63) is 29.3 Å². The van der Waals surface area contributed by atoms with E-state index < -0.39 is 30.2 Å². The minimum atomic E-state index is -0.672. The number of methoxy groups -OCH3 is 1. The molecule has 39 heavy (non-hydrogen) atoms. The van der Waals surface area contributed by atoms with Gasteiger partial charge in [-0.2, -0.15) is 0 Å². The Balaban J connectivity index is 1.59. The highest BCUT2D eigenvalue weighted by molar-refractivity contribution is 6.48. The van der Waals surface area contributed by atoms with Gasteiger partial charge in [-0.05, 0) is 75.8 Å². The normalized spacial score (nSPS) is 27.6. The first kappa shape index (κ1) is 29.4. The van der Waals surface area contributed by atoms with E-state index in [9.17, 15) is 14.4 Å². The largest absolute Gasteiger partial charge is 0.496 e. The summed E-state index contributed by atoms with van der Waals surface area (Å²) in [4.78, 5) is 37.2. The maximum atomic E-state index is 13.0. The fourth-order valence-electron chi connectivity index (χ4n) is 6.63. The molecule has 0 radical (unpaired) electrons. The maximum absolute atomic E-state index is 13.0. The van der Waals surface area contributed by atoms with Crippen LogP contribution in [0.25, 0.3) is 0 Å². The zero-order valence-corrected chi connectivity index (χ0v) is 24.5. The second kappa shape index (κ2) is 10.8. The molecule has 5 unspecified atom stereocenters. The van der Waals surface area contributed by atoms with E-state index in [1.165, 1.54) is 14.0 Å². The van der Waals surface area contributed by atoms with Gasteiger partial charge in [0.2, 0.25) is 11.8 Å². The van der Waals surface area contributed by atoms with Crippen LogP contribution in [0.15, 0.2) is 18.2 Å². The fourth-order valence-corrected chi connectivity index (χ4v) is 6.63. The molecule has 3 aliphatic carbocycles. The number of nitrogens with one attached hydrogen (secondary N) is 2. The molecular weight excluding hydrogens is 499 g/mol. The zero-order chi connectivity index (χ0) is 28.8. The number of benzene rings is 1. The van der Waals surface area contributed by atoms with Crippen molar-refractivity contribution >= 4 is 24.9 Å². The van der Waals surface area contributed by atoms with Crippen LogP contribution in [0.2, 0.25) is 0 Å². The molecule has 2 amide bonds. The summed E-state index contributed by atoms with van der Waals surface area (Å²) in [6.07, 6.45) is 2.44. The minimum Gasteiger partial charge on any atom is -0.496 e. The molecule has 1 saturated heterocycles. The van der Waals surface area contributed by atoms with Gasteiger partial charge >= 0.3 is 13.1 Å². The highest BCUT2D eigenvalue weighted by Crippen LogP contribution is 2.65. The van der Waals surface area contributed by atoms with Crippen molar-refractivity contribution in [2.24, 2.45) is 17.3 Å². The molecule has 2 bridgehead atoms. The zero-order valence-electron chi connectivity index (χ0n) is 24.5. The van der Waals surface area contributed by atoms with Crippen LogP contribution in [0, 0.1) is 17.3 Å². The number of hydrogen-bond acceptors (Lipinski definition) is 7. The van der Waals surface area contributed by atoms with Crippen LogP contribution in [-0.4, -0.2) is 61.8 Å². The summed E-state index contributed by atoms with van der Waals surface area (Å²) in [5, 5.41) is 5.74. The van der Waals surface area contributed by atoms with Gasteiger partial charge in [-0.3, -0.25) is 9.59 Å². The SMILES string of the molecule is COc1c(CC(NC(=O)CCNC(C)=O)B2OC3CC4CC(C4(C)C)C3(C)O2)cccc1C(=O)OC(C)(C)C. The molecule has 4 aliphatic rings. The smallest absolute Gasteiger partial charge is 0.482 e. The van der Waals surface area contributed by atoms with Gasteiger partial charge in [0.25, 0.3) is 0 Å². The minimum absolute atomic E-state index is 0.0481. The Morgan fingerprint density at radius 1 is 1.18 bits per heavy atom. The highest BCUT2D eigenvalue weighted by atomic mass is 16.7. The summed E-state index contributed by atoms with van der Waals surface area (Å²) in [6, 6.07) is 5.32. The first-order chi connectivity index (χ1) is 18.2. The van der Waals surface area contributed by atoms with Gasteiger partial charge in [-0.25, -0.2) is 4.79 Å². The van der Waals surface area contributed by atoms with Gasteiger partial charge in [0.15, 0.2) is 0 Å². The third-order valence-electron chi connectivity index (χ3n) is 8.73. The molecular formula is C29H43BN2O7. The summed E-state index contributed by atoms with van der Waals surface area (Å²) < 4.78 is 24.5. The Hall–Kier alpha value is -2.59. The second-order valence-corrected chi connectivity index (χ2v) is 12.9. The highest BCUT2D eigenvalue weighted by Gasteiger charge is 2.68. The molecule has 10 heteroatoms. The van der Waals surface area contributed by atoms with Crippen LogP contribution in [0.5, 0.6) is 5.75 Å². The number of esters is 1. The van der Waals surface area contributed by atoms with E-state index in [-0.39, 0.29) is 36.3 Å². The van der Waals surface area contributed by atoms with Crippen LogP contribution in [-0.2, 0) is 30.1 Å². The molecule has 4 fully saturated rings. The van der Waals surface area contributed by atoms with Gasteiger partial charge in [0.05, 0.1) is 24.8 Å². The quantitative estimate of drug-likeness (QED) is 0.363. The van der Waals surface area contributed by atoms with E-state index >= 15 is 0 Å². The van der Waals surface area contributed by atoms with Crippen LogP contribution in [0.4, 0.5) is 0 Å². The monoisotopic (exact) mass is 542 g/mol. The van der Waals surface area contributed by atoms with Crippen molar-refractivity contribution in [3.63, 3.8) is 0 Å². The number of ether oxygens (including phenoxy) is 2. The van der Waals surface area contributed by atoms with Crippen molar-refractivity contribution in [1.82, 2.24) is 10.6 Å². The molecule has 1 aliphatic heterocycles. The van der Waals surface area contributed by atoms with Crippen LogP contribution in [0.3, 0.4) is 0 Å². The van der Waals surface area contributed by atoms with Gasteiger partial charge in [-0.15, -0.1) is 0 Å². The molecule has 5 rings (SSSR count). The lowest BCUT2D eigenvalue weighted by molar-refractivity contribution is -0.199. The molecule has 1 aromatic rings. The number of amides is 2. The van der Waals surface area contributed by atoms with Crippen molar-refractivity contribution < 1.29 is 33.2 Å². The predicted molar refractivity (Wildman–Crippen MR) is 147 cm³/mol. The second-order valence-electron chi connectivity index (χ2n) is 12.9. The van der Waals surface area contributed by atoms with E-state index in [4.69, 9.17) is 18.8 Å². The van der Waals surface area contributed by atoms with E-state index in [2.05, 4.69) is 31.4 Å². The number of para-hydroxylation sites is 1. The Labute approximate surface area is 232 Å². The van der Waals surface area contributed by atoms with Crippen LogP contribution >= 0.6 is 0 Å². The number of hydrogen-bond donors (Lipinski definition) is 2. The maximum Gasteiger partial charge on any atom is 0.482 e. The summed E-state index contributed by atoms with van der Waals surface area (Å²) >= 11 is 0. The van der Waals surface area contributed by atoms with Crippen molar-refractivity contribution in [2.45, 2.75) is 97.4 Å². The van der Waals surface area contributed by atoms with Crippen molar-refractivity contribution in [2.75, 3.05) is 13.7 Å². The van der Waals surface area contributed by atoms with Crippen molar-refractivity contribution in [1.29, 1.82) is 0 Å². The molecule has 1 heterocycles. The topological polar surface area (TPSA) is 112 Å². The number of rotatable bonds is 9. The third kappa shape index (κ3) is 5.97. The molecule has 0 aromatic heterocycles. The van der Waals surface area contributed by atoms with Gasteiger partial charge in [0, 0.05) is 19.9 Å². The summed E-state index contributed by atoms with van der Waals surface area (Å²) in [6.45, 7) is 13.8. The van der Waals surface area contributed by atoms with Gasteiger partial charge in [-0.1, -0.05) is 26.0 Å². The van der Waals surface area contributed by atoms with Gasteiger partial charge < -0.3 is 29.4 Å². The number of carbonyl (C=O) groups is 3. The van der Waals surface area contributed by atoms with E-state index in [0.29, 0.717) is 29.6 Å². The predicted octanol–water partition coefficient (Wildman–Crippen LogP) is 3.47. The van der Waals surface area contributed by atoms with Crippen LogP contribution < -0.4 is 15.4 Å². The average molecular weight is 542 g/mol. The van der Waals surface area contributed by atoms with E-state index in [1.807, 2.05) is 26.8 Å². The Morgan fingerprint density at radius 2 is 1.90 bits per heavy atom. The molecule has 3 saturated carbocycles. The fraction of sp³-hybridized carbons (Fsp3) is 0.690. The lowest BCUT2D eigenvalue weighted by Gasteiger charge is -2.64. The lowest BCUT2D eigenvalue weighted by atomic mass is 9.43. The Kier molecular flexibility index (Phi) is 8.12. The Morgan fingerprint density at radius 3 is 2.51 bits per heavy atom. The Bertz CT molecular complexity index is 1120. The molecule has 9 nitrogen and oxygen atoms in total. The molecule has 214 valence electrons. The lowest BCUT2D eigenvalue weighted by Crippen LogP contribution is -2.65. The summed E-state index contributed by atoms with van der Waals surface area (Å²) in [5.74, 6) is -0.0725. The third-order valence-corrected chi connectivity index (χ3v) is 8.73. The van der Waals surface area contributed by atoms with Crippen molar-refractivity contribution in [3.8, 4) is 5.75 Å². The number of carbonyl (C=O) groups excluding carboxylic acids is 3. The summed E-state index contributed by atoms with van der Waals surface area (Å²) in [7, 11) is 0.844. The van der Waals surface area contributed by atoms with Gasteiger partial charge in [0.1, 0.15) is 16.9 Å². The van der Waals surface area contributed by atoms with Crippen LogP contribution in [0.1, 0.15) is 83.7 Å². The average Bonchev–Trinajstić information content (AvgIpc) is 3.19. The molecule has 0 spiro atoms. The van der Waals surface area contributed by atoms with E-state index in [1.54, 1.807) is 12.1 Å².